The molecule has 3 rings (SSSR count). The van der Waals surface area contributed by atoms with E-state index in [1.165, 1.54) is 0 Å². The number of amides is 1. The van der Waals surface area contributed by atoms with Crippen LogP contribution in [0.1, 0.15) is 17.2 Å². The molecule has 0 radical (unpaired) electrons. The number of nitrogens with one attached hydrogen (secondary N) is 2. The molecule has 3 aromatic rings. The van der Waals surface area contributed by atoms with E-state index >= 15 is 0 Å². The minimum atomic E-state index is -0.471. The molecule has 0 fully saturated rings. The van der Waals surface area contributed by atoms with Crippen LogP contribution in [0, 0.1) is 0 Å². The highest BCUT2D eigenvalue weighted by molar-refractivity contribution is 5.95. The maximum absolute atomic E-state index is 12.9. The van der Waals surface area contributed by atoms with Gasteiger partial charge in [-0.05, 0) is 35.4 Å². The van der Waals surface area contributed by atoms with Crippen molar-refractivity contribution in [1.82, 2.24) is 5.32 Å². The maximum atomic E-state index is 12.9. The van der Waals surface area contributed by atoms with Crippen molar-refractivity contribution in [3.63, 3.8) is 0 Å². The van der Waals surface area contributed by atoms with E-state index in [2.05, 4.69) is 10.6 Å². The maximum Gasteiger partial charge on any atom is 0.246 e. The number of methoxy groups -OCH3 is 1. The molecular formula is C22H22N2O2. The van der Waals surface area contributed by atoms with Gasteiger partial charge >= 0.3 is 0 Å². The van der Waals surface area contributed by atoms with Crippen molar-refractivity contribution in [2.24, 2.45) is 0 Å². The molecule has 0 saturated heterocycles. The Kier molecular flexibility index (Phi) is 6.01. The van der Waals surface area contributed by atoms with E-state index in [9.17, 15) is 4.79 Å². The molecule has 0 aliphatic heterocycles. The third-order valence-corrected chi connectivity index (χ3v) is 4.11. The summed E-state index contributed by atoms with van der Waals surface area (Å²) in [4.78, 5) is 12.9. The average molecular weight is 346 g/mol. The van der Waals surface area contributed by atoms with E-state index in [1.807, 2.05) is 84.9 Å². The first kappa shape index (κ1) is 17.7. The van der Waals surface area contributed by atoms with Crippen LogP contribution < -0.4 is 15.4 Å². The van der Waals surface area contributed by atoms with Crippen LogP contribution in [-0.2, 0) is 11.3 Å². The van der Waals surface area contributed by atoms with Crippen molar-refractivity contribution in [1.29, 1.82) is 0 Å². The Labute approximate surface area is 153 Å². The highest BCUT2D eigenvalue weighted by Gasteiger charge is 2.20. The third-order valence-electron chi connectivity index (χ3n) is 4.11. The largest absolute Gasteiger partial charge is 0.497 e. The Hall–Kier alpha value is -3.11. The van der Waals surface area contributed by atoms with Gasteiger partial charge in [0.25, 0.3) is 0 Å². The average Bonchev–Trinajstić information content (AvgIpc) is 2.70. The van der Waals surface area contributed by atoms with Gasteiger partial charge < -0.3 is 10.1 Å². The lowest BCUT2D eigenvalue weighted by molar-refractivity contribution is -0.118. The summed E-state index contributed by atoms with van der Waals surface area (Å²) >= 11 is 0. The molecule has 1 amide bonds. The predicted octanol–water partition coefficient (Wildman–Crippen LogP) is 4.16. The van der Waals surface area contributed by atoms with Crippen molar-refractivity contribution in [3.05, 3.63) is 96.1 Å². The molecule has 0 aliphatic rings. The molecule has 4 heteroatoms. The van der Waals surface area contributed by atoms with Crippen molar-refractivity contribution in [2.75, 3.05) is 12.4 Å². The summed E-state index contributed by atoms with van der Waals surface area (Å²) < 4.78 is 5.21. The summed E-state index contributed by atoms with van der Waals surface area (Å²) in [6.07, 6.45) is 0. The fraction of sp³-hybridized carbons (Fsp3) is 0.136. The first-order valence-electron chi connectivity index (χ1n) is 8.53. The van der Waals surface area contributed by atoms with Gasteiger partial charge in [0.05, 0.1) is 7.11 Å². The summed E-state index contributed by atoms with van der Waals surface area (Å²) in [7, 11) is 1.63. The number of hydrogen-bond acceptors (Lipinski definition) is 3. The smallest absolute Gasteiger partial charge is 0.246 e. The standard InChI is InChI=1S/C22H22N2O2/c1-26-20-14-12-18(13-15-20)21(23-16-17-8-4-2-5-9-17)22(25)24-19-10-6-3-7-11-19/h2-15,21,23H,16H2,1H3,(H,24,25). The SMILES string of the molecule is COc1ccc(C(NCc2ccccc2)C(=O)Nc2ccccc2)cc1. The fourth-order valence-electron chi connectivity index (χ4n) is 2.71. The second-order valence-electron chi connectivity index (χ2n) is 5.93. The number of rotatable bonds is 7. The van der Waals surface area contributed by atoms with Crippen LogP contribution in [0.2, 0.25) is 0 Å². The van der Waals surface area contributed by atoms with E-state index in [-0.39, 0.29) is 5.91 Å². The molecule has 1 unspecified atom stereocenters. The fourth-order valence-corrected chi connectivity index (χ4v) is 2.71. The van der Waals surface area contributed by atoms with Crippen LogP contribution in [0.5, 0.6) is 5.75 Å². The van der Waals surface area contributed by atoms with E-state index in [1.54, 1.807) is 7.11 Å². The molecule has 1 atom stereocenters. The molecule has 0 bridgehead atoms. The molecule has 3 aromatic carbocycles. The molecule has 0 spiro atoms. The Morgan fingerprint density at radius 3 is 2.12 bits per heavy atom. The Morgan fingerprint density at radius 1 is 0.885 bits per heavy atom. The van der Waals surface area contributed by atoms with E-state index in [4.69, 9.17) is 4.74 Å². The second-order valence-corrected chi connectivity index (χ2v) is 5.93. The van der Waals surface area contributed by atoms with E-state index < -0.39 is 6.04 Å². The Bertz CT molecular complexity index is 818. The van der Waals surface area contributed by atoms with Gasteiger partial charge in [0.2, 0.25) is 5.91 Å². The zero-order chi connectivity index (χ0) is 18.2. The number of ether oxygens (including phenoxy) is 1. The molecule has 2 N–H and O–H groups in total. The van der Waals surface area contributed by atoms with E-state index in [0.29, 0.717) is 6.54 Å². The lowest BCUT2D eigenvalue weighted by Crippen LogP contribution is -2.32. The van der Waals surface area contributed by atoms with E-state index in [0.717, 1.165) is 22.6 Å². The summed E-state index contributed by atoms with van der Waals surface area (Å²) in [6.45, 7) is 0.597. The van der Waals surface area contributed by atoms with Gasteiger partial charge in [-0.3, -0.25) is 10.1 Å². The highest BCUT2D eigenvalue weighted by Crippen LogP contribution is 2.20. The Balaban J connectivity index is 1.78. The number of anilines is 1. The number of benzene rings is 3. The van der Waals surface area contributed by atoms with Gasteiger partial charge in [0, 0.05) is 12.2 Å². The summed E-state index contributed by atoms with van der Waals surface area (Å²) in [5, 5.41) is 6.33. The molecule has 0 aromatic heterocycles. The van der Waals surface area contributed by atoms with Crippen LogP contribution >= 0.6 is 0 Å². The predicted molar refractivity (Wildman–Crippen MR) is 104 cm³/mol. The van der Waals surface area contributed by atoms with Crippen molar-refractivity contribution in [3.8, 4) is 5.75 Å². The number of para-hydroxylation sites is 1. The van der Waals surface area contributed by atoms with Gasteiger partial charge in [-0.15, -0.1) is 0 Å². The summed E-state index contributed by atoms with van der Waals surface area (Å²) in [5.41, 5.74) is 2.78. The van der Waals surface area contributed by atoms with Crippen LogP contribution in [-0.4, -0.2) is 13.0 Å². The van der Waals surface area contributed by atoms with Gasteiger partial charge in [-0.2, -0.15) is 0 Å². The number of carbonyl (C=O) groups is 1. The third kappa shape index (κ3) is 4.71. The van der Waals surface area contributed by atoms with Crippen LogP contribution in [0.25, 0.3) is 0 Å². The van der Waals surface area contributed by atoms with Gasteiger partial charge in [-0.1, -0.05) is 60.7 Å². The first-order valence-corrected chi connectivity index (χ1v) is 8.53. The lowest BCUT2D eigenvalue weighted by atomic mass is 10.0. The molecule has 0 aliphatic carbocycles. The Morgan fingerprint density at radius 2 is 1.50 bits per heavy atom. The van der Waals surface area contributed by atoms with Crippen molar-refractivity contribution >= 4 is 11.6 Å². The second kappa shape index (κ2) is 8.83. The molecule has 4 nitrogen and oxygen atoms in total. The monoisotopic (exact) mass is 346 g/mol. The zero-order valence-electron chi connectivity index (χ0n) is 14.7. The van der Waals surface area contributed by atoms with Crippen LogP contribution in [0.4, 0.5) is 5.69 Å². The van der Waals surface area contributed by atoms with Crippen molar-refractivity contribution < 1.29 is 9.53 Å². The van der Waals surface area contributed by atoms with Gasteiger partial charge in [0.15, 0.2) is 0 Å². The molecule has 0 saturated carbocycles. The molecule has 0 heterocycles. The van der Waals surface area contributed by atoms with Gasteiger partial charge in [0.1, 0.15) is 11.8 Å². The van der Waals surface area contributed by atoms with Crippen LogP contribution in [0.3, 0.4) is 0 Å². The van der Waals surface area contributed by atoms with Gasteiger partial charge in [-0.25, -0.2) is 0 Å². The summed E-state index contributed by atoms with van der Waals surface area (Å²) in [5.74, 6) is 0.663. The summed E-state index contributed by atoms with van der Waals surface area (Å²) in [6, 6.07) is 26.6. The number of hydrogen-bond donors (Lipinski definition) is 2. The molecule has 26 heavy (non-hydrogen) atoms. The number of carbonyl (C=O) groups excluding carboxylic acids is 1. The normalized spacial score (nSPS) is 11.6. The first-order chi connectivity index (χ1) is 12.8. The van der Waals surface area contributed by atoms with Crippen molar-refractivity contribution in [2.45, 2.75) is 12.6 Å². The quantitative estimate of drug-likeness (QED) is 0.675. The molecule has 132 valence electrons. The minimum Gasteiger partial charge on any atom is -0.497 e. The minimum absolute atomic E-state index is 0.0997. The zero-order valence-corrected chi connectivity index (χ0v) is 14.7. The topological polar surface area (TPSA) is 50.4 Å². The highest BCUT2D eigenvalue weighted by atomic mass is 16.5. The lowest BCUT2D eigenvalue weighted by Gasteiger charge is -2.19. The molecular weight excluding hydrogens is 324 g/mol. The van der Waals surface area contributed by atoms with Crippen LogP contribution in [0.15, 0.2) is 84.9 Å².